The minimum atomic E-state index is -4.45. The Morgan fingerprint density at radius 3 is 2.61 bits per heavy atom. The van der Waals surface area contributed by atoms with E-state index < -0.39 is 28.9 Å². The molecule has 10 heteroatoms. The minimum Gasteiger partial charge on any atom is -0.306 e. The molecule has 0 bridgehead atoms. The van der Waals surface area contributed by atoms with Gasteiger partial charge in [0.05, 0.1) is 10.8 Å². The Balaban J connectivity index is 1.64. The second-order valence-electron chi connectivity index (χ2n) is 5.85. The van der Waals surface area contributed by atoms with Gasteiger partial charge in [0.25, 0.3) is 0 Å². The summed E-state index contributed by atoms with van der Waals surface area (Å²) in [4.78, 5) is 27.8. The standard InChI is InChI=1S/C18H13ClF3N3O2S/c19-12-4-6-13(7-5-12)23-16(27)25-17-24-15(26)14(28-17)9-10-2-1-3-11(8-10)18(20,21)22/h1-8,14H,9H2,(H2,23,24,25,26,27). The zero-order valence-electron chi connectivity index (χ0n) is 14.1. The van der Waals surface area contributed by atoms with Crippen molar-refractivity contribution in [2.45, 2.75) is 17.8 Å². The first-order chi connectivity index (χ1) is 13.2. The van der Waals surface area contributed by atoms with Crippen LogP contribution in [0, 0.1) is 0 Å². The van der Waals surface area contributed by atoms with E-state index in [1.165, 1.54) is 12.1 Å². The first kappa shape index (κ1) is 20.2. The number of carbonyl (C=O) groups is 2. The van der Waals surface area contributed by atoms with Crippen molar-refractivity contribution in [1.29, 1.82) is 0 Å². The number of hydrogen-bond acceptors (Lipinski definition) is 3. The third kappa shape index (κ3) is 5.26. The lowest BCUT2D eigenvalue weighted by Crippen LogP contribution is -2.26. The van der Waals surface area contributed by atoms with Gasteiger partial charge in [-0.05, 0) is 42.3 Å². The molecule has 1 fully saturated rings. The zero-order chi connectivity index (χ0) is 20.3. The average molecular weight is 428 g/mol. The van der Waals surface area contributed by atoms with Crippen molar-refractivity contribution in [2.75, 3.05) is 5.32 Å². The Bertz CT molecular complexity index is 932. The number of thioether (sulfide) groups is 1. The van der Waals surface area contributed by atoms with E-state index in [4.69, 9.17) is 11.6 Å². The van der Waals surface area contributed by atoms with Crippen molar-refractivity contribution in [3.63, 3.8) is 0 Å². The van der Waals surface area contributed by atoms with E-state index in [1.54, 1.807) is 24.3 Å². The third-order valence-corrected chi connectivity index (χ3v) is 5.08. The number of nitrogens with one attached hydrogen (secondary N) is 2. The van der Waals surface area contributed by atoms with Crippen LogP contribution in [0.25, 0.3) is 0 Å². The fourth-order valence-corrected chi connectivity index (χ4v) is 3.59. The molecule has 0 aliphatic carbocycles. The predicted molar refractivity (Wildman–Crippen MR) is 103 cm³/mol. The number of aliphatic imine (C=N–C) groups is 1. The maximum absolute atomic E-state index is 12.8. The molecule has 0 saturated carbocycles. The molecule has 1 aliphatic heterocycles. The second-order valence-corrected chi connectivity index (χ2v) is 7.48. The molecule has 1 saturated heterocycles. The van der Waals surface area contributed by atoms with Gasteiger partial charge in [0.15, 0.2) is 5.17 Å². The molecule has 1 unspecified atom stereocenters. The normalized spacial score (nSPS) is 18.2. The monoisotopic (exact) mass is 427 g/mol. The number of carbonyl (C=O) groups excluding carboxylic acids is 2. The first-order valence-corrected chi connectivity index (χ1v) is 9.25. The van der Waals surface area contributed by atoms with Crippen LogP contribution in [0.15, 0.2) is 53.5 Å². The molecule has 0 aromatic heterocycles. The SMILES string of the molecule is O=C(/N=C1\NC(=O)C(Cc2cccc(C(F)(F)F)c2)S1)Nc1ccc(Cl)cc1. The van der Waals surface area contributed by atoms with Crippen LogP contribution in [-0.4, -0.2) is 22.4 Å². The first-order valence-electron chi connectivity index (χ1n) is 7.99. The molecule has 1 heterocycles. The number of halogens is 4. The summed E-state index contributed by atoms with van der Waals surface area (Å²) in [6.45, 7) is 0. The molecular weight excluding hydrogens is 415 g/mol. The largest absolute Gasteiger partial charge is 0.416 e. The van der Waals surface area contributed by atoms with Crippen LogP contribution in [0.4, 0.5) is 23.7 Å². The molecule has 146 valence electrons. The van der Waals surface area contributed by atoms with E-state index in [-0.39, 0.29) is 11.6 Å². The van der Waals surface area contributed by atoms with Gasteiger partial charge in [-0.15, -0.1) is 0 Å². The highest BCUT2D eigenvalue weighted by Gasteiger charge is 2.33. The van der Waals surface area contributed by atoms with Crippen molar-refractivity contribution in [3.8, 4) is 0 Å². The van der Waals surface area contributed by atoms with Gasteiger partial charge in [0, 0.05) is 10.7 Å². The molecule has 5 nitrogen and oxygen atoms in total. The lowest BCUT2D eigenvalue weighted by Gasteiger charge is -2.10. The van der Waals surface area contributed by atoms with Crippen molar-refractivity contribution in [1.82, 2.24) is 5.32 Å². The minimum absolute atomic E-state index is 0.0816. The Labute approximate surface area is 167 Å². The maximum Gasteiger partial charge on any atom is 0.416 e. The van der Waals surface area contributed by atoms with Gasteiger partial charge in [0.2, 0.25) is 5.91 Å². The van der Waals surface area contributed by atoms with E-state index >= 15 is 0 Å². The Hall–Kier alpha value is -2.52. The fraction of sp³-hybridized carbons (Fsp3) is 0.167. The van der Waals surface area contributed by atoms with E-state index in [0.717, 1.165) is 23.9 Å². The Morgan fingerprint density at radius 2 is 1.93 bits per heavy atom. The summed E-state index contributed by atoms with van der Waals surface area (Å²) in [5.41, 5.74) is 0.0765. The number of nitrogens with zero attached hydrogens (tertiary/aromatic N) is 1. The summed E-state index contributed by atoms with van der Waals surface area (Å²) in [7, 11) is 0. The number of anilines is 1. The molecule has 2 aromatic rings. The van der Waals surface area contributed by atoms with Crippen LogP contribution in [0.1, 0.15) is 11.1 Å². The molecule has 28 heavy (non-hydrogen) atoms. The highest BCUT2D eigenvalue weighted by Crippen LogP contribution is 2.31. The molecule has 3 amide bonds. The average Bonchev–Trinajstić information content (AvgIpc) is 2.95. The topological polar surface area (TPSA) is 70.6 Å². The number of hydrogen-bond donors (Lipinski definition) is 2. The molecular formula is C18H13ClF3N3O2S. The van der Waals surface area contributed by atoms with Crippen molar-refractivity contribution in [2.24, 2.45) is 4.99 Å². The highest BCUT2D eigenvalue weighted by atomic mass is 35.5. The number of rotatable bonds is 3. The van der Waals surface area contributed by atoms with Gasteiger partial charge in [-0.2, -0.15) is 18.2 Å². The maximum atomic E-state index is 12.8. The molecule has 0 spiro atoms. The number of amides is 3. The summed E-state index contributed by atoms with van der Waals surface area (Å²) in [6.07, 6.45) is -4.37. The van der Waals surface area contributed by atoms with Gasteiger partial charge in [-0.3, -0.25) is 4.79 Å². The molecule has 2 aromatic carbocycles. The number of alkyl halides is 3. The van der Waals surface area contributed by atoms with Crippen molar-refractivity contribution < 1.29 is 22.8 Å². The van der Waals surface area contributed by atoms with E-state index in [0.29, 0.717) is 16.3 Å². The lowest BCUT2D eigenvalue weighted by atomic mass is 10.1. The molecule has 1 aliphatic rings. The summed E-state index contributed by atoms with van der Waals surface area (Å²) < 4.78 is 38.4. The van der Waals surface area contributed by atoms with Crippen LogP contribution in [-0.2, 0) is 17.4 Å². The van der Waals surface area contributed by atoms with Gasteiger partial charge in [0.1, 0.15) is 0 Å². The highest BCUT2D eigenvalue weighted by molar-refractivity contribution is 8.15. The number of urea groups is 1. The third-order valence-electron chi connectivity index (χ3n) is 3.75. The van der Waals surface area contributed by atoms with Crippen LogP contribution in [0.3, 0.4) is 0 Å². The fourth-order valence-electron chi connectivity index (χ4n) is 2.46. The Kier molecular flexibility index (Phi) is 5.95. The van der Waals surface area contributed by atoms with Gasteiger partial charge >= 0.3 is 12.2 Å². The molecule has 1 atom stereocenters. The van der Waals surface area contributed by atoms with Crippen molar-refractivity contribution in [3.05, 3.63) is 64.7 Å². The quantitative estimate of drug-likeness (QED) is 0.744. The van der Waals surface area contributed by atoms with Gasteiger partial charge in [-0.25, -0.2) is 4.79 Å². The molecule has 0 radical (unpaired) electrons. The van der Waals surface area contributed by atoms with E-state index in [1.807, 2.05) is 0 Å². The van der Waals surface area contributed by atoms with E-state index in [2.05, 4.69) is 15.6 Å². The predicted octanol–water partition coefficient (Wildman–Crippen LogP) is 4.72. The van der Waals surface area contributed by atoms with Crippen LogP contribution >= 0.6 is 23.4 Å². The van der Waals surface area contributed by atoms with Crippen LogP contribution in [0.5, 0.6) is 0 Å². The lowest BCUT2D eigenvalue weighted by molar-refractivity contribution is -0.137. The van der Waals surface area contributed by atoms with Gasteiger partial charge < -0.3 is 10.6 Å². The summed E-state index contributed by atoms with van der Waals surface area (Å²) in [5.74, 6) is -0.416. The smallest absolute Gasteiger partial charge is 0.306 e. The number of benzene rings is 2. The second kappa shape index (κ2) is 8.24. The summed E-state index contributed by atoms with van der Waals surface area (Å²) in [5, 5.41) is 4.92. The van der Waals surface area contributed by atoms with Gasteiger partial charge in [-0.1, -0.05) is 41.6 Å². The summed E-state index contributed by atoms with van der Waals surface area (Å²) >= 11 is 6.76. The molecule has 3 rings (SSSR count). The summed E-state index contributed by atoms with van der Waals surface area (Å²) in [6, 6.07) is 10.5. The van der Waals surface area contributed by atoms with E-state index in [9.17, 15) is 22.8 Å². The van der Waals surface area contributed by atoms with Crippen molar-refractivity contribution >= 4 is 46.2 Å². The number of amidine groups is 1. The zero-order valence-corrected chi connectivity index (χ0v) is 15.7. The molecule has 2 N–H and O–H groups in total. The van der Waals surface area contributed by atoms with Crippen LogP contribution < -0.4 is 10.6 Å². The van der Waals surface area contributed by atoms with Crippen LogP contribution in [0.2, 0.25) is 5.02 Å². The Morgan fingerprint density at radius 1 is 1.21 bits per heavy atom.